The van der Waals surface area contributed by atoms with E-state index in [4.69, 9.17) is 4.74 Å². The number of carbonyl (C=O) groups is 4. The molecule has 2 fully saturated rings. The lowest BCUT2D eigenvalue weighted by Crippen LogP contribution is -2.54. The smallest absolute Gasteiger partial charge is 0.488 e. The van der Waals surface area contributed by atoms with Crippen LogP contribution >= 0.6 is 0 Å². The number of imide groups is 2. The van der Waals surface area contributed by atoms with Gasteiger partial charge in [-0.1, -0.05) is 30.3 Å². The Bertz CT molecular complexity index is 1500. The molecule has 1 unspecified atom stereocenters. The Morgan fingerprint density at radius 3 is 2.20 bits per heavy atom. The number of nitrogens with one attached hydrogen (secondary N) is 1. The van der Waals surface area contributed by atoms with Gasteiger partial charge in [0.1, 0.15) is 18.4 Å². The van der Waals surface area contributed by atoms with Gasteiger partial charge in [-0.25, -0.2) is 8.42 Å². The van der Waals surface area contributed by atoms with Crippen molar-refractivity contribution < 1.29 is 45.5 Å². The van der Waals surface area contributed by atoms with Gasteiger partial charge in [0, 0.05) is 39.1 Å². The summed E-state index contributed by atoms with van der Waals surface area (Å²) in [4.78, 5) is 52.7. The first-order chi connectivity index (χ1) is 19.4. The van der Waals surface area contributed by atoms with Crippen LogP contribution in [0.1, 0.15) is 44.7 Å². The number of amides is 4. The molecule has 1 atom stereocenters. The van der Waals surface area contributed by atoms with Crippen LogP contribution in [0.15, 0.2) is 42.5 Å². The van der Waals surface area contributed by atoms with Gasteiger partial charge in [0.15, 0.2) is 0 Å². The molecule has 0 spiro atoms. The number of piperidine rings is 1. The molecule has 2 aromatic carbocycles. The molecule has 3 aliphatic heterocycles. The summed E-state index contributed by atoms with van der Waals surface area (Å²) in [6.45, 7) is 0.281. The molecular formula is C26H25F3N4O7S. The van der Waals surface area contributed by atoms with Gasteiger partial charge in [-0.3, -0.25) is 34.3 Å². The van der Waals surface area contributed by atoms with Gasteiger partial charge in [0.05, 0.1) is 11.1 Å². The molecule has 0 aromatic heterocycles. The first-order valence-corrected chi connectivity index (χ1v) is 14.1. The zero-order valence-corrected chi connectivity index (χ0v) is 22.3. The minimum atomic E-state index is -5.33. The number of benzene rings is 2. The molecular weight excluding hydrogens is 569 g/mol. The molecule has 5 rings (SSSR count). The minimum Gasteiger partial charge on any atom is -0.488 e. The van der Waals surface area contributed by atoms with E-state index in [1.807, 2.05) is 17.0 Å². The molecule has 2 saturated heterocycles. The molecule has 2 aromatic rings. The highest BCUT2D eigenvalue weighted by Crippen LogP contribution is 2.34. The van der Waals surface area contributed by atoms with Crippen LogP contribution in [0.2, 0.25) is 0 Å². The summed E-state index contributed by atoms with van der Waals surface area (Å²) in [7, 11) is -5.33. The Morgan fingerprint density at radius 1 is 0.902 bits per heavy atom. The standard InChI is InChI=1S/C26H25F3N4O7S/c27-26(28,29)41(38,39)32-12-10-31(11-13-32)14-16-4-6-17(7-5-16)15-40-20-3-1-2-18-22(20)25(37)33(24(18)36)19-8-9-21(34)30-23(19)35/h1-7,19H,8-15H2,(H,30,34,35). The lowest BCUT2D eigenvalue weighted by Gasteiger charge is -2.34. The number of hydrogen-bond acceptors (Lipinski definition) is 8. The van der Waals surface area contributed by atoms with Crippen LogP contribution in [0.3, 0.4) is 0 Å². The Kier molecular flexibility index (Phi) is 7.61. The number of nitrogens with zero attached hydrogens (tertiary/aromatic N) is 3. The fraction of sp³-hybridized carbons (Fsp3) is 0.385. The van der Waals surface area contributed by atoms with Crippen molar-refractivity contribution in [1.82, 2.24) is 19.4 Å². The van der Waals surface area contributed by atoms with E-state index in [0.717, 1.165) is 16.0 Å². The van der Waals surface area contributed by atoms with Crippen LogP contribution in [-0.4, -0.2) is 83.9 Å². The van der Waals surface area contributed by atoms with Gasteiger partial charge >= 0.3 is 15.5 Å². The van der Waals surface area contributed by atoms with Gasteiger partial charge < -0.3 is 4.74 Å². The average molecular weight is 595 g/mol. The Balaban J connectivity index is 1.19. The van der Waals surface area contributed by atoms with Crippen molar-refractivity contribution >= 4 is 33.7 Å². The molecule has 1 N–H and O–H groups in total. The summed E-state index contributed by atoms with van der Waals surface area (Å²) < 4.78 is 67.8. The molecule has 15 heteroatoms. The zero-order valence-electron chi connectivity index (χ0n) is 21.5. The molecule has 0 saturated carbocycles. The third kappa shape index (κ3) is 5.56. The summed E-state index contributed by atoms with van der Waals surface area (Å²) in [6.07, 6.45) is 0.0559. The lowest BCUT2D eigenvalue weighted by molar-refractivity contribution is -0.136. The second-order valence-corrected chi connectivity index (χ2v) is 11.8. The van der Waals surface area contributed by atoms with E-state index in [1.165, 1.54) is 6.07 Å². The van der Waals surface area contributed by atoms with Gasteiger partial charge in [-0.05, 0) is 29.7 Å². The predicted octanol–water partition coefficient (Wildman–Crippen LogP) is 1.63. The summed E-state index contributed by atoms with van der Waals surface area (Å²) in [5.41, 5.74) is -3.56. The van der Waals surface area contributed by atoms with Crippen molar-refractivity contribution in [2.24, 2.45) is 0 Å². The summed E-state index contributed by atoms with van der Waals surface area (Å²) in [5.74, 6) is -2.30. The largest absolute Gasteiger partial charge is 0.511 e. The van der Waals surface area contributed by atoms with E-state index < -0.39 is 45.2 Å². The molecule has 0 bridgehead atoms. The predicted molar refractivity (Wildman–Crippen MR) is 136 cm³/mol. The van der Waals surface area contributed by atoms with Crippen molar-refractivity contribution in [1.29, 1.82) is 0 Å². The third-order valence-electron chi connectivity index (χ3n) is 7.22. The first kappa shape index (κ1) is 28.7. The lowest BCUT2D eigenvalue weighted by atomic mass is 10.0. The summed E-state index contributed by atoms with van der Waals surface area (Å²) in [6, 6.07) is 10.7. The number of ether oxygens (including phenoxy) is 1. The molecule has 3 heterocycles. The van der Waals surface area contributed by atoms with Crippen LogP contribution in [0.25, 0.3) is 0 Å². The van der Waals surface area contributed by atoms with Crippen molar-refractivity contribution in [2.75, 3.05) is 26.2 Å². The van der Waals surface area contributed by atoms with Gasteiger partial charge in [0.2, 0.25) is 11.8 Å². The van der Waals surface area contributed by atoms with Crippen LogP contribution in [-0.2, 0) is 32.8 Å². The molecule has 0 aliphatic carbocycles. The first-order valence-electron chi connectivity index (χ1n) is 12.7. The number of fused-ring (bicyclic) bond motifs is 1. The van der Waals surface area contributed by atoms with E-state index in [1.54, 1.807) is 24.3 Å². The van der Waals surface area contributed by atoms with E-state index in [9.17, 15) is 40.8 Å². The second-order valence-electron chi connectivity index (χ2n) is 9.86. The summed E-state index contributed by atoms with van der Waals surface area (Å²) in [5, 5.41) is 2.15. The maximum absolute atomic E-state index is 13.2. The maximum atomic E-state index is 13.2. The second kappa shape index (κ2) is 10.9. The quantitative estimate of drug-likeness (QED) is 0.479. The third-order valence-corrected chi connectivity index (χ3v) is 8.85. The normalized spacial score (nSPS) is 20.8. The highest BCUT2D eigenvalue weighted by Gasteiger charge is 2.50. The number of hydrogen-bond donors (Lipinski definition) is 1. The highest BCUT2D eigenvalue weighted by atomic mass is 32.2. The number of sulfonamides is 1. The fourth-order valence-electron chi connectivity index (χ4n) is 5.04. The SMILES string of the molecule is O=C1CCC(N2C(=O)c3cccc(OCc4ccc(CN5CCN(S(=O)(=O)C(F)(F)F)CC5)cc4)c3C2=O)C(=O)N1. The van der Waals surface area contributed by atoms with Crippen LogP contribution in [0.4, 0.5) is 13.2 Å². The zero-order chi connectivity index (χ0) is 29.5. The van der Waals surface area contributed by atoms with E-state index in [-0.39, 0.29) is 62.5 Å². The van der Waals surface area contributed by atoms with Crippen molar-refractivity contribution in [2.45, 2.75) is 37.5 Å². The Labute approximate surface area is 232 Å². The number of alkyl halides is 3. The number of rotatable bonds is 7. The average Bonchev–Trinajstić information content (AvgIpc) is 3.18. The van der Waals surface area contributed by atoms with Crippen LogP contribution in [0.5, 0.6) is 5.75 Å². The number of halogens is 3. The minimum absolute atomic E-state index is 0.0132. The number of piperazine rings is 1. The van der Waals surface area contributed by atoms with Gasteiger partial charge in [-0.2, -0.15) is 17.5 Å². The van der Waals surface area contributed by atoms with Crippen molar-refractivity contribution in [3.05, 3.63) is 64.7 Å². The molecule has 218 valence electrons. The van der Waals surface area contributed by atoms with Crippen LogP contribution in [0, 0.1) is 0 Å². The fourth-order valence-corrected chi connectivity index (χ4v) is 5.98. The van der Waals surface area contributed by atoms with Gasteiger partial charge in [-0.15, -0.1) is 0 Å². The molecule has 41 heavy (non-hydrogen) atoms. The topological polar surface area (TPSA) is 133 Å². The highest BCUT2D eigenvalue weighted by molar-refractivity contribution is 7.90. The van der Waals surface area contributed by atoms with Crippen molar-refractivity contribution in [3.63, 3.8) is 0 Å². The molecule has 0 radical (unpaired) electrons. The molecule has 11 nitrogen and oxygen atoms in total. The van der Waals surface area contributed by atoms with Crippen LogP contribution < -0.4 is 10.1 Å². The van der Waals surface area contributed by atoms with Crippen molar-refractivity contribution in [3.8, 4) is 5.75 Å². The number of carbonyl (C=O) groups excluding carboxylic acids is 4. The Morgan fingerprint density at radius 2 is 1.56 bits per heavy atom. The monoisotopic (exact) mass is 594 g/mol. The summed E-state index contributed by atoms with van der Waals surface area (Å²) >= 11 is 0. The van der Waals surface area contributed by atoms with E-state index >= 15 is 0 Å². The van der Waals surface area contributed by atoms with E-state index in [0.29, 0.717) is 10.8 Å². The van der Waals surface area contributed by atoms with E-state index in [2.05, 4.69) is 5.32 Å². The molecule has 4 amide bonds. The molecule has 3 aliphatic rings. The maximum Gasteiger partial charge on any atom is 0.511 e. The van der Waals surface area contributed by atoms with Gasteiger partial charge in [0.25, 0.3) is 11.8 Å². The Hall–Kier alpha value is -3.82.